The smallest absolute Gasteiger partial charge is 0.312 e. The number of ketones is 2. The highest BCUT2D eigenvalue weighted by Crippen LogP contribution is 2.49. The van der Waals surface area contributed by atoms with Crippen LogP contribution in [0.4, 0.5) is 0 Å². The average molecular weight is 750 g/mol. The van der Waals surface area contributed by atoms with Gasteiger partial charge in [0, 0.05) is 67.4 Å². The van der Waals surface area contributed by atoms with Gasteiger partial charge >= 0.3 is 11.8 Å². The Kier molecular flexibility index (Phi) is 11.6. The number of carbonyl (C=O) groups excluding carboxylic acids is 4. The van der Waals surface area contributed by atoms with Crippen molar-refractivity contribution in [1.29, 1.82) is 0 Å². The van der Waals surface area contributed by atoms with Crippen LogP contribution in [0.2, 0.25) is 0 Å². The number of hydrogen-bond donors (Lipinski definition) is 5. The maximum absolute atomic E-state index is 14.3. The molecule has 1 fully saturated rings. The molecule has 2 aliphatic carbocycles. The average Bonchev–Trinajstić information content (AvgIpc) is 3.92. The number of aliphatic hydroxyl groups is 2. The van der Waals surface area contributed by atoms with Gasteiger partial charge in [-0.15, -0.1) is 0 Å². The highest BCUT2D eigenvalue weighted by molar-refractivity contribution is 6.56. The van der Waals surface area contributed by atoms with Gasteiger partial charge in [-0.1, -0.05) is 45.9 Å². The minimum Gasteiger partial charge on any atom is -0.507 e. The molecule has 0 aromatic heterocycles. The van der Waals surface area contributed by atoms with Crippen LogP contribution in [0.25, 0.3) is 5.70 Å². The molecule has 1 amide bonds. The highest BCUT2D eigenvalue weighted by Gasteiger charge is 2.52. The number of hydrogen-bond acceptors (Lipinski definition) is 13. The maximum atomic E-state index is 14.3. The summed E-state index contributed by atoms with van der Waals surface area (Å²) in [6.07, 6.45) is 5.22. The van der Waals surface area contributed by atoms with Crippen molar-refractivity contribution in [3.05, 3.63) is 64.1 Å². The van der Waals surface area contributed by atoms with E-state index in [0.717, 1.165) is 12.8 Å². The van der Waals surface area contributed by atoms with E-state index >= 15 is 0 Å². The molecule has 5 aliphatic rings. The molecule has 6 rings (SSSR count). The molecule has 1 saturated carbocycles. The summed E-state index contributed by atoms with van der Waals surface area (Å²) in [5, 5.41) is 37.4. The molecule has 9 atom stereocenters. The van der Waals surface area contributed by atoms with E-state index in [2.05, 4.69) is 10.3 Å². The van der Waals surface area contributed by atoms with E-state index in [-0.39, 0.29) is 56.7 Å². The van der Waals surface area contributed by atoms with Crippen molar-refractivity contribution in [2.24, 2.45) is 34.4 Å². The monoisotopic (exact) mass is 749 g/mol. The number of nitrogens with two attached hydrogens (primary N) is 1. The Labute approximate surface area is 314 Å². The first-order chi connectivity index (χ1) is 25.3. The Balaban J connectivity index is 1.67. The first-order valence-corrected chi connectivity index (χ1v) is 18.2. The zero-order valence-corrected chi connectivity index (χ0v) is 32.1. The summed E-state index contributed by atoms with van der Waals surface area (Å²) >= 11 is 0. The van der Waals surface area contributed by atoms with Gasteiger partial charge in [0.2, 0.25) is 5.78 Å². The van der Waals surface area contributed by atoms with Gasteiger partial charge in [0.1, 0.15) is 23.3 Å². The summed E-state index contributed by atoms with van der Waals surface area (Å²) in [6, 6.07) is -0.0502. The zero-order valence-electron chi connectivity index (χ0n) is 32.1. The van der Waals surface area contributed by atoms with Gasteiger partial charge in [-0.25, -0.2) is 4.99 Å². The van der Waals surface area contributed by atoms with Gasteiger partial charge in [0.15, 0.2) is 0 Å². The molecular weight excluding hydrogens is 698 g/mol. The lowest BCUT2D eigenvalue weighted by molar-refractivity contribution is -0.160. The molecule has 0 radical (unpaired) electrons. The van der Waals surface area contributed by atoms with Gasteiger partial charge in [0.05, 0.1) is 47.1 Å². The second kappa shape index (κ2) is 15.5. The number of nitrogens with zero attached hydrogens (tertiary/aromatic N) is 1. The number of amides is 1. The van der Waals surface area contributed by atoms with Gasteiger partial charge in [-0.2, -0.15) is 0 Å². The van der Waals surface area contributed by atoms with E-state index in [4.69, 9.17) is 24.7 Å². The lowest BCUT2D eigenvalue weighted by atomic mass is 9.78. The predicted molar refractivity (Wildman–Crippen MR) is 198 cm³/mol. The zero-order chi connectivity index (χ0) is 40.0. The van der Waals surface area contributed by atoms with E-state index in [9.17, 15) is 34.5 Å². The predicted octanol–water partition coefficient (Wildman–Crippen LogP) is 3.79. The number of Topliss-reactive ketones (excluding diaryl/α,β-unsaturated/α-hetero) is 2. The standard InChI is InChI=1S/C40H51N3O11/c1-17-11-10-12-18(2)39(50)43-31-30(42-24-13-14-24)29(41)26-27(35(31)48)34(47)22(6)37-28(26)38(49)40(8,54-37)52-16-15-25(51-9)19(3)36(53-23(7)44)21(5)33(46)20(4)32(17)45/h10-12,15-17,19-21,24-25,32-33,36,42,45-47H,13-14,41H2,1-9H3/b11-10+,16-15+,18-12-,43-31?/t17-,19-,20+,21-,25-,32-,33+,36+,40-/m0/s1. The number of phenols is 1. The van der Waals surface area contributed by atoms with Crippen LogP contribution in [0.15, 0.2) is 46.8 Å². The summed E-state index contributed by atoms with van der Waals surface area (Å²) in [7, 11) is 1.44. The number of fused-ring (bicyclic) bond motifs is 13. The first-order valence-electron chi connectivity index (χ1n) is 18.2. The third-order valence-corrected chi connectivity index (χ3v) is 10.9. The van der Waals surface area contributed by atoms with E-state index in [1.807, 2.05) is 0 Å². The fraction of sp³-hybridized carbons (Fsp3) is 0.525. The maximum Gasteiger partial charge on any atom is 0.312 e. The highest BCUT2D eigenvalue weighted by atomic mass is 16.7. The molecule has 5 bridgehead atoms. The third-order valence-electron chi connectivity index (χ3n) is 10.9. The Hall–Kier alpha value is -4.79. The minimum absolute atomic E-state index is 0.0267. The second-order valence-corrected chi connectivity index (χ2v) is 15.0. The fourth-order valence-corrected chi connectivity index (χ4v) is 7.28. The Morgan fingerprint density at radius 2 is 1.67 bits per heavy atom. The fourth-order valence-electron chi connectivity index (χ4n) is 7.28. The van der Waals surface area contributed by atoms with E-state index < -0.39 is 83.1 Å². The molecule has 3 heterocycles. The number of ether oxygens (including phenoxy) is 4. The van der Waals surface area contributed by atoms with Crippen molar-refractivity contribution in [3.8, 4) is 11.5 Å². The van der Waals surface area contributed by atoms with E-state index in [1.165, 1.54) is 53.2 Å². The van der Waals surface area contributed by atoms with Crippen LogP contribution in [0.3, 0.4) is 0 Å². The molecule has 3 aliphatic heterocycles. The molecule has 6 N–H and O–H groups in total. The molecule has 0 saturated heterocycles. The number of aromatic hydroxyl groups is 1. The lowest BCUT2D eigenvalue weighted by Gasteiger charge is -2.38. The number of aliphatic hydroxyl groups excluding tert-OH is 2. The number of benzene rings is 1. The molecule has 1 aromatic rings. The van der Waals surface area contributed by atoms with Crippen LogP contribution in [0.5, 0.6) is 11.5 Å². The van der Waals surface area contributed by atoms with Crippen molar-refractivity contribution in [2.45, 2.75) is 104 Å². The first kappa shape index (κ1) is 40.4. The second-order valence-electron chi connectivity index (χ2n) is 15.0. The van der Waals surface area contributed by atoms with Crippen LogP contribution < -0.4 is 15.8 Å². The summed E-state index contributed by atoms with van der Waals surface area (Å²) in [5.41, 5.74) is 6.25. The number of carbonyl (C=O) groups is 4. The van der Waals surface area contributed by atoms with Crippen molar-refractivity contribution >= 4 is 34.9 Å². The molecule has 1 aromatic carbocycles. The summed E-state index contributed by atoms with van der Waals surface area (Å²) < 4.78 is 23.5. The van der Waals surface area contributed by atoms with Crippen molar-refractivity contribution in [2.75, 3.05) is 7.11 Å². The normalized spacial score (nSPS) is 34.3. The molecular formula is C40H51N3O11. The van der Waals surface area contributed by atoms with Crippen LogP contribution >= 0.6 is 0 Å². The van der Waals surface area contributed by atoms with Gasteiger partial charge in [-0.05, 0) is 32.8 Å². The Morgan fingerprint density at radius 1 is 1.00 bits per heavy atom. The Morgan fingerprint density at radius 3 is 2.28 bits per heavy atom. The lowest BCUT2D eigenvalue weighted by Crippen LogP contribution is -2.46. The van der Waals surface area contributed by atoms with E-state index in [0.29, 0.717) is 0 Å². The minimum atomic E-state index is -1.98. The number of nitrogens with one attached hydrogen (secondary N) is 1. The summed E-state index contributed by atoms with van der Waals surface area (Å²) in [6.45, 7) is 12.6. The number of aliphatic imine (C=N–C) groups is 1. The van der Waals surface area contributed by atoms with Crippen LogP contribution in [-0.2, 0) is 23.8 Å². The number of rotatable bonds is 4. The molecule has 14 nitrogen and oxygen atoms in total. The number of esters is 1. The van der Waals surface area contributed by atoms with Crippen molar-refractivity contribution in [1.82, 2.24) is 5.32 Å². The third kappa shape index (κ3) is 7.46. The van der Waals surface area contributed by atoms with Crippen LogP contribution in [0.1, 0.15) is 93.2 Å². The summed E-state index contributed by atoms with van der Waals surface area (Å²) in [4.78, 5) is 58.5. The van der Waals surface area contributed by atoms with Gasteiger partial charge < -0.3 is 45.3 Å². The van der Waals surface area contributed by atoms with Crippen molar-refractivity contribution < 1.29 is 53.4 Å². The number of phenolic OH excluding ortho intramolecular Hbond substituents is 1. The summed E-state index contributed by atoms with van der Waals surface area (Å²) in [5.74, 6) is -7.72. The Bertz CT molecular complexity index is 1890. The quantitative estimate of drug-likeness (QED) is 0.277. The molecule has 0 spiro atoms. The van der Waals surface area contributed by atoms with Crippen LogP contribution in [-0.4, -0.2) is 87.8 Å². The van der Waals surface area contributed by atoms with Gasteiger partial charge in [0.25, 0.3) is 11.7 Å². The largest absolute Gasteiger partial charge is 0.507 e. The molecule has 0 unspecified atom stereocenters. The van der Waals surface area contributed by atoms with Gasteiger partial charge in [-0.3, -0.25) is 19.2 Å². The molecule has 54 heavy (non-hydrogen) atoms. The number of allylic oxidation sites excluding steroid dienone is 3. The van der Waals surface area contributed by atoms with Crippen molar-refractivity contribution in [3.63, 3.8) is 0 Å². The topological polar surface area (TPSA) is 216 Å². The van der Waals surface area contributed by atoms with Crippen LogP contribution in [0, 0.1) is 30.6 Å². The molecule has 292 valence electrons. The SMILES string of the molecule is CO[C@H]1/C=C/O[C@@]2(C)Oc3c(C)c(O)c4c(c3C2=O)C(N)=C(NC2CC2)C(=NC(=O)/C(C)=C\C=C\[C@H](C)[C@H](O)[C@@H](C)[C@@H](O)[C@H](C)[C@H](OC(C)=O)[C@H]1C)C4=O. The van der Waals surface area contributed by atoms with E-state index in [1.54, 1.807) is 39.8 Å². The molecule has 14 heteroatoms. The number of methoxy groups -OCH3 is 1.